The number of alkyl halides is 7. The lowest BCUT2D eigenvalue weighted by Crippen LogP contribution is -2.53. The van der Waals surface area contributed by atoms with E-state index < -0.39 is 35.4 Å². The zero-order valence-electron chi connectivity index (χ0n) is 13.8. The van der Waals surface area contributed by atoms with E-state index in [9.17, 15) is 35.5 Å². The lowest BCUT2D eigenvalue weighted by molar-refractivity contribution is -0.349. The molecule has 26 heavy (non-hydrogen) atoms. The third-order valence-corrected chi connectivity index (χ3v) is 3.31. The SMILES string of the molecule is [C-]#[N+]/C(C(=O)OCCCCCCCC)=C(/O)C(F)(F)C(F)(F)C(F)(F)F. The Balaban J connectivity index is 5.07. The van der Waals surface area contributed by atoms with Crippen molar-refractivity contribution in [3.8, 4) is 0 Å². The van der Waals surface area contributed by atoms with Crippen LogP contribution in [0.5, 0.6) is 0 Å². The standard InChI is InChI=1S/C15H18F7NO3/c1-3-4-5-6-7-8-9-26-12(25)10(23-2)11(24)13(16,17)14(18,19)15(20,21)22/h24H,3-9H2,1H3/b11-10+. The van der Waals surface area contributed by atoms with Gasteiger partial charge in [-0.2, -0.15) is 30.7 Å². The van der Waals surface area contributed by atoms with Crippen LogP contribution in [0.3, 0.4) is 0 Å². The summed E-state index contributed by atoms with van der Waals surface area (Å²) in [5.74, 6) is -17.8. The molecular formula is C15H18F7NO3. The average Bonchev–Trinajstić information content (AvgIpc) is 2.53. The van der Waals surface area contributed by atoms with Gasteiger partial charge in [0.15, 0.2) is 5.76 Å². The molecule has 150 valence electrons. The van der Waals surface area contributed by atoms with Crippen LogP contribution in [0.1, 0.15) is 45.4 Å². The van der Waals surface area contributed by atoms with Crippen molar-refractivity contribution in [3.05, 3.63) is 22.9 Å². The van der Waals surface area contributed by atoms with E-state index in [4.69, 9.17) is 11.7 Å². The van der Waals surface area contributed by atoms with E-state index in [1.165, 1.54) is 0 Å². The first-order valence-electron chi connectivity index (χ1n) is 7.65. The second kappa shape index (κ2) is 9.64. The zero-order chi connectivity index (χ0) is 20.6. The number of hydrogen-bond donors (Lipinski definition) is 1. The van der Waals surface area contributed by atoms with Crippen LogP contribution in [0.4, 0.5) is 30.7 Å². The van der Waals surface area contributed by atoms with Crippen LogP contribution in [0.2, 0.25) is 0 Å². The van der Waals surface area contributed by atoms with Gasteiger partial charge in [0.05, 0.1) is 13.2 Å². The second-order valence-corrected chi connectivity index (χ2v) is 5.36. The van der Waals surface area contributed by atoms with Crippen molar-refractivity contribution in [2.75, 3.05) is 6.61 Å². The maximum absolute atomic E-state index is 13.3. The Morgan fingerprint density at radius 3 is 1.96 bits per heavy atom. The summed E-state index contributed by atoms with van der Waals surface area (Å²) in [6, 6.07) is 0. The smallest absolute Gasteiger partial charge is 0.460 e. The van der Waals surface area contributed by atoms with Crippen LogP contribution in [0.25, 0.3) is 4.85 Å². The zero-order valence-corrected chi connectivity index (χ0v) is 13.8. The fraction of sp³-hybridized carbons (Fsp3) is 0.733. The molecule has 4 nitrogen and oxygen atoms in total. The molecule has 0 aromatic rings. The monoisotopic (exact) mass is 393 g/mol. The fourth-order valence-electron chi connectivity index (χ4n) is 1.79. The number of hydrogen-bond acceptors (Lipinski definition) is 3. The van der Waals surface area contributed by atoms with Crippen molar-refractivity contribution in [1.29, 1.82) is 0 Å². The van der Waals surface area contributed by atoms with Gasteiger partial charge in [-0.15, -0.1) is 0 Å². The van der Waals surface area contributed by atoms with Gasteiger partial charge < -0.3 is 9.84 Å². The molecule has 0 heterocycles. The number of carbonyl (C=O) groups is 1. The van der Waals surface area contributed by atoms with Crippen LogP contribution in [-0.4, -0.2) is 35.7 Å². The average molecular weight is 393 g/mol. The molecule has 0 saturated carbocycles. The van der Waals surface area contributed by atoms with Crippen molar-refractivity contribution in [2.45, 2.75) is 63.5 Å². The third-order valence-electron chi connectivity index (χ3n) is 3.31. The number of aliphatic hydroxyl groups is 1. The highest BCUT2D eigenvalue weighted by Gasteiger charge is 2.75. The van der Waals surface area contributed by atoms with Crippen LogP contribution >= 0.6 is 0 Å². The predicted octanol–water partition coefficient (Wildman–Crippen LogP) is 5.41. The summed E-state index contributed by atoms with van der Waals surface area (Å²) >= 11 is 0. The number of ether oxygens (including phenoxy) is 1. The molecule has 1 N–H and O–H groups in total. The highest BCUT2D eigenvalue weighted by molar-refractivity contribution is 5.91. The number of esters is 1. The number of rotatable bonds is 10. The summed E-state index contributed by atoms with van der Waals surface area (Å²) in [5, 5.41) is 9.04. The molecule has 0 spiro atoms. The van der Waals surface area contributed by atoms with E-state index in [0.717, 1.165) is 25.7 Å². The van der Waals surface area contributed by atoms with E-state index in [1.807, 2.05) is 6.92 Å². The van der Waals surface area contributed by atoms with Gasteiger partial charge in [-0.25, -0.2) is 4.85 Å². The highest BCUT2D eigenvalue weighted by atomic mass is 19.4. The molecule has 0 saturated heterocycles. The predicted molar refractivity (Wildman–Crippen MR) is 76.5 cm³/mol. The fourth-order valence-corrected chi connectivity index (χ4v) is 1.79. The molecule has 0 amide bonds. The van der Waals surface area contributed by atoms with Gasteiger partial charge in [-0.05, 0) is 6.42 Å². The number of nitrogens with zero attached hydrogens (tertiary/aromatic N) is 1. The molecule has 0 atom stereocenters. The van der Waals surface area contributed by atoms with Crippen molar-refractivity contribution in [2.24, 2.45) is 0 Å². The van der Waals surface area contributed by atoms with Crippen LogP contribution in [0, 0.1) is 6.57 Å². The van der Waals surface area contributed by atoms with Crippen LogP contribution in [-0.2, 0) is 9.53 Å². The van der Waals surface area contributed by atoms with Gasteiger partial charge in [0.2, 0.25) is 0 Å². The molecule has 0 aromatic carbocycles. The molecule has 0 aliphatic carbocycles. The van der Waals surface area contributed by atoms with Gasteiger partial charge in [-0.1, -0.05) is 39.0 Å². The van der Waals surface area contributed by atoms with Crippen molar-refractivity contribution in [3.63, 3.8) is 0 Å². The summed E-state index contributed by atoms with van der Waals surface area (Å²) in [6.45, 7) is 8.13. The van der Waals surface area contributed by atoms with Crippen molar-refractivity contribution >= 4 is 5.97 Å². The van der Waals surface area contributed by atoms with E-state index in [0.29, 0.717) is 6.42 Å². The summed E-state index contributed by atoms with van der Waals surface area (Å²) in [5.41, 5.74) is -2.02. The Morgan fingerprint density at radius 2 is 1.50 bits per heavy atom. The quantitative estimate of drug-likeness (QED) is 0.135. The molecular weight excluding hydrogens is 375 g/mol. The minimum atomic E-state index is -6.71. The van der Waals surface area contributed by atoms with E-state index in [2.05, 4.69) is 9.58 Å². The Bertz CT molecular complexity index is 550. The summed E-state index contributed by atoms with van der Waals surface area (Å²) in [7, 11) is 0. The Morgan fingerprint density at radius 1 is 1.00 bits per heavy atom. The third kappa shape index (κ3) is 5.78. The number of halogens is 7. The number of aliphatic hydroxyl groups excluding tert-OH is 1. The minimum Gasteiger partial charge on any atom is -0.517 e. The Hall–Kier alpha value is -1.99. The molecule has 0 unspecified atom stereocenters. The molecule has 0 bridgehead atoms. The molecule has 0 radical (unpaired) electrons. The molecule has 11 heteroatoms. The van der Waals surface area contributed by atoms with Crippen molar-refractivity contribution < 1.29 is 45.4 Å². The van der Waals surface area contributed by atoms with Crippen molar-refractivity contribution in [1.82, 2.24) is 0 Å². The van der Waals surface area contributed by atoms with E-state index in [-0.39, 0.29) is 13.0 Å². The Labute approximate surface area is 145 Å². The Kier molecular flexibility index (Phi) is 8.90. The largest absolute Gasteiger partial charge is 0.517 e. The molecule has 0 rings (SSSR count). The first-order chi connectivity index (χ1) is 11.8. The van der Waals surface area contributed by atoms with E-state index >= 15 is 0 Å². The normalized spacial score (nSPS) is 13.8. The topological polar surface area (TPSA) is 50.9 Å². The van der Waals surface area contributed by atoms with Gasteiger partial charge in [0.1, 0.15) is 0 Å². The summed E-state index contributed by atoms with van der Waals surface area (Å²) in [6.07, 6.45) is -2.16. The lowest BCUT2D eigenvalue weighted by atomic mass is 10.1. The summed E-state index contributed by atoms with van der Waals surface area (Å²) in [4.78, 5) is 13.6. The number of unbranched alkanes of at least 4 members (excludes halogenated alkanes) is 5. The van der Waals surface area contributed by atoms with E-state index in [1.54, 1.807) is 0 Å². The molecule has 0 aromatic heterocycles. The maximum Gasteiger partial charge on any atom is 0.460 e. The second-order valence-electron chi connectivity index (χ2n) is 5.36. The van der Waals surface area contributed by atoms with Gasteiger partial charge >= 0.3 is 29.7 Å². The molecule has 0 aliphatic rings. The maximum atomic E-state index is 13.3. The number of allylic oxidation sites excluding steroid dienone is 1. The van der Waals surface area contributed by atoms with Gasteiger partial charge in [0, 0.05) is 0 Å². The summed E-state index contributed by atoms with van der Waals surface area (Å²) < 4.78 is 93.0. The first kappa shape index (κ1) is 24.0. The van der Waals surface area contributed by atoms with Gasteiger partial charge in [-0.3, -0.25) is 4.79 Å². The highest BCUT2D eigenvalue weighted by Crippen LogP contribution is 2.49. The number of carbonyl (C=O) groups excluding carboxylic acids is 1. The molecule has 0 fully saturated rings. The van der Waals surface area contributed by atoms with Gasteiger partial charge in [0.25, 0.3) is 0 Å². The first-order valence-corrected chi connectivity index (χ1v) is 7.65. The van der Waals surface area contributed by atoms with Crippen LogP contribution < -0.4 is 0 Å². The van der Waals surface area contributed by atoms with Crippen LogP contribution in [0.15, 0.2) is 11.5 Å². The lowest BCUT2D eigenvalue weighted by Gasteiger charge is -2.27. The molecule has 0 aliphatic heterocycles. The minimum absolute atomic E-state index is 0.274.